The quantitative estimate of drug-likeness (QED) is 0.821. The van der Waals surface area contributed by atoms with Crippen LogP contribution in [0.5, 0.6) is 0 Å². The molecule has 136 valence electrons. The van der Waals surface area contributed by atoms with Gasteiger partial charge in [-0.05, 0) is 62.3 Å². The van der Waals surface area contributed by atoms with Crippen LogP contribution in [0.4, 0.5) is 4.39 Å². The smallest absolute Gasteiger partial charge is 0.253 e. The second-order valence-corrected chi connectivity index (χ2v) is 7.81. The molecule has 3 fully saturated rings. The molecule has 2 aliphatic heterocycles. The van der Waals surface area contributed by atoms with Gasteiger partial charge in [-0.2, -0.15) is 0 Å². The molecule has 1 amide bonds. The minimum atomic E-state index is -0.319. The van der Waals surface area contributed by atoms with E-state index >= 15 is 0 Å². The van der Waals surface area contributed by atoms with E-state index in [1.807, 2.05) is 4.90 Å². The van der Waals surface area contributed by atoms with E-state index in [-0.39, 0.29) is 23.2 Å². The summed E-state index contributed by atoms with van der Waals surface area (Å²) >= 11 is 0. The molecule has 1 aliphatic carbocycles. The number of rotatable bonds is 5. The standard InChI is InChI=1S/C20H26FNO3/c21-17-6-4-16(5-7-17)19(23)22-10-8-18-20(13-22,9-1-11-25-18)14-24-12-15-2-3-15/h4-7,15,18H,1-3,8-14H2. The van der Waals surface area contributed by atoms with Gasteiger partial charge in [0.1, 0.15) is 5.82 Å². The summed E-state index contributed by atoms with van der Waals surface area (Å²) in [7, 11) is 0. The van der Waals surface area contributed by atoms with Gasteiger partial charge in [0.15, 0.2) is 0 Å². The number of hydrogen-bond acceptors (Lipinski definition) is 3. The lowest BCUT2D eigenvalue weighted by molar-refractivity contribution is -0.147. The number of benzene rings is 1. The predicted molar refractivity (Wildman–Crippen MR) is 91.9 cm³/mol. The van der Waals surface area contributed by atoms with Gasteiger partial charge in [-0.3, -0.25) is 4.79 Å². The number of likely N-dealkylation sites (tertiary alicyclic amines) is 1. The van der Waals surface area contributed by atoms with E-state index in [4.69, 9.17) is 9.47 Å². The first kappa shape index (κ1) is 17.0. The molecule has 2 unspecified atom stereocenters. The average Bonchev–Trinajstić information content (AvgIpc) is 3.45. The minimum Gasteiger partial charge on any atom is -0.380 e. The molecule has 0 aromatic heterocycles. The van der Waals surface area contributed by atoms with E-state index in [1.165, 1.54) is 25.0 Å². The molecule has 1 saturated carbocycles. The molecule has 25 heavy (non-hydrogen) atoms. The third-order valence-corrected chi connectivity index (χ3v) is 5.81. The van der Waals surface area contributed by atoms with Crippen molar-refractivity contribution in [1.29, 1.82) is 0 Å². The van der Waals surface area contributed by atoms with Gasteiger partial charge in [0.2, 0.25) is 0 Å². The highest BCUT2D eigenvalue weighted by Gasteiger charge is 2.47. The van der Waals surface area contributed by atoms with Crippen LogP contribution in [-0.2, 0) is 9.47 Å². The van der Waals surface area contributed by atoms with Gasteiger partial charge in [-0.15, -0.1) is 0 Å². The average molecular weight is 347 g/mol. The lowest BCUT2D eigenvalue weighted by Crippen LogP contribution is -2.58. The maximum absolute atomic E-state index is 13.1. The molecule has 3 aliphatic rings. The number of ether oxygens (including phenoxy) is 2. The SMILES string of the molecule is O=C(c1ccc(F)cc1)N1CCC2OCCCC2(COCC2CC2)C1. The number of nitrogens with zero attached hydrogens (tertiary/aromatic N) is 1. The Balaban J connectivity index is 1.46. The number of piperidine rings is 1. The zero-order chi connectivity index (χ0) is 17.3. The number of halogens is 1. The van der Waals surface area contributed by atoms with Crippen LogP contribution >= 0.6 is 0 Å². The van der Waals surface area contributed by atoms with Crippen LogP contribution in [-0.4, -0.2) is 49.8 Å². The Bertz CT molecular complexity index is 616. The van der Waals surface area contributed by atoms with Crippen LogP contribution in [0.25, 0.3) is 0 Å². The Morgan fingerprint density at radius 3 is 2.84 bits per heavy atom. The summed E-state index contributed by atoms with van der Waals surface area (Å²) < 4.78 is 25.2. The van der Waals surface area contributed by atoms with Crippen molar-refractivity contribution in [2.24, 2.45) is 11.3 Å². The molecule has 2 saturated heterocycles. The summed E-state index contributed by atoms with van der Waals surface area (Å²) in [6, 6.07) is 5.82. The van der Waals surface area contributed by atoms with Crippen LogP contribution in [0, 0.1) is 17.2 Å². The molecule has 0 radical (unpaired) electrons. The van der Waals surface area contributed by atoms with Crippen molar-refractivity contribution in [2.75, 3.05) is 32.9 Å². The largest absolute Gasteiger partial charge is 0.380 e. The topological polar surface area (TPSA) is 38.8 Å². The minimum absolute atomic E-state index is 0.0226. The van der Waals surface area contributed by atoms with E-state index in [0.717, 1.165) is 38.4 Å². The number of fused-ring (bicyclic) bond motifs is 1. The maximum atomic E-state index is 13.1. The predicted octanol–water partition coefficient (Wildman–Crippen LogP) is 3.26. The Morgan fingerprint density at radius 1 is 1.28 bits per heavy atom. The van der Waals surface area contributed by atoms with Crippen molar-refractivity contribution in [3.63, 3.8) is 0 Å². The fraction of sp³-hybridized carbons (Fsp3) is 0.650. The van der Waals surface area contributed by atoms with Gasteiger partial charge in [0, 0.05) is 37.3 Å². The van der Waals surface area contributed by atoms with Gasteiger partial charge in [0.25, 0.3) is 5.91 Å². The van der Waals surface area contributed by atoms with Crippen molar-refractivity contribution < 1.29 is 18.7 Å². The first-order chi connectivity index (χ1) is 12.2. The lowest BCUT2D eigenvalue weighted by atomic mass is 9.73. The highest BCUT2D eigenvalue weighted by molar-refractivity contribution is 5.94. The maximum Gasteiger partial charge on any atom is 0.253 e. The first-order valence-electron chi connectivity index (χ1n) is 9.40. The Hall–Kier alpha value is -1.46. The van der Waals surface area contributed by atoms with Crippen molar-refractivity contribution >= 4 is 5.91 Å². The molecule has 0 spiro atoms. The second kappa shape index (κ2) is 7.04. The molecule has 1 aromatic rings. The highest BCUT2D eigenvalue weighted by atomic mass is 19.1. The monoisotopic (exact) mass is 347 g/mol. The van der Waals surface area contributed by atoms with E-state index in [1.54, 1.807) is 12.1 Å². The van der Waals surface area contributed by atoms with Crippen LogP contribution in [0.2, 0.25) is 0 Å². The zero-order valence-electron chi connectivity index (χ0n) is 14.6. The molecule has 4 nitrogen and oxygen atoms in total. The molecule has 5 heteroatoms. The summed E-state index contributed by atoms with van der Waals surface area (Å²) in [5.41, 5.74) is 0.451. The molecule has 0 bridgehead atoms. The van der Waals surface area contributed by atoms with Crippen LogP contribution in [0.3, 0.4) is 0 Å². The fourth-order valence-corrected chi connectivity index (χ4v) is 4.16. The van der Waals surface area contributed by atoms with Gasteiger partial charge < -0.3 is 14.4 Å². The molecule has 4 rings (SSSR count). The zero-order valence-corrected chi connectivity index (χ0v) is 14.6. The Kier molecular flexibility index (Phi) is 4.78. The van der Waals surface area contributed by atoms with Crippen LogP contribution < -0.4 is 0 Å². The van der Waals surface area contributed by atoms with Crippen molar-refractivity contribution in [3.05, 3.63) is 35.6 Å². The van der Waals surface area contributed by atoms with Gasteiger partial charge in [0.05, 0.1) is 12.7 Å². The van der Waals surface area contributed by atoms with E-state index < -0.39 is 0 Å². The molecule has 0 N–H and O–H groups in total. The summed E-state index contributed by atoms with van der Waals surface area (Å²) in [6.45, 7) is 3.66. The summed E-state index contributed by atoms with van der Waals surface area (Å²) in [6.07, 6.45) is 5.64. The number of carbonyl (C=O) groups is 1. The molecule has 1 aromatic carbocycles. The van der Waals surface area contributed by atoms with Gasteiger partial charge >= 0.3 is 0 Å². The second-order valence-electron chi connectivity index (χ2n) is 7.81. The third kappa shape index (κ3) is 3.72. The Morgan fingerprint density at radius 2 is 2.08 bits per heavy atom. The summed E-state index contributed by atoms with van der Waals surface area (Å²) in [5.74, 6) is 0.395. The fourth-order valence-electron chi connectivity index (χ4n) is 4.16. The van der Waals surface area contributed by atoms with Crippen LogP contribution in [0.1, 0.15) is 42.5 Å². The number of amides is 1. The van der Waals surface area contributed by atoms with Gasteiger partial charge in [-0.25, -0.2) is 4.39 Å². The third-order valence-electron chi connectivity index (χ3n) is 5.81. The first-order valence-corrected chi connectivity index (χ1v) is 9.40. The Labute approximate surface area is 148 Å². The summed E-state index contributed by atoms with van der Waals surface area (Å²) in [5, 5.41) is 0. The molecular formula is C20H26FNO3. The van der Waals surface area contributed by atoms with Crippen LogP contribution in [0.15, 0.2) is 24.3 Å². The molecule has 2 atom stereocenters. The van der Waals surface area contributed by atoms with E-state index in [2.05, 4.69) is 0 Å². The number of hydrogen-bond donors (Lipinski definition) is 0. The normalized spacial score (nSPS) is 29.3. The highest BCUT2D eigenvalue weighted by Crippen LogP contribution is 2.41. The number of carbonyl (C=O) groups excluding carboxylic acids is 1. The lowest BCUT2D eigenvalue weighted by Gasteiger charge is -2.50. The van der Waals surface area contributed by atoms with E-state index in [0.29, 0.717) is 25.3 Å². The summed E-state index contributed by atoms with van der Waals surface area (Å²) in [4.78, 5) is 14.7. The van der Waals surface area contributed by atoms with Crippen molar-refractivity contribution in [3.8, 4) is 0 Å². The molecule has 2 heterocycles. The molecular weight excluding hydrogens is 321 g/mol. The van der Waals surface area contributed by atoms with E-state index in [9.17, 15) is 9.18 Å². The van der Waals surface area contributed by atoms with Gasteiger partial charge in [-0.1, -0.05) is 0 Å². The van der Waals surface area contributed by atoms with Crippen molar-refractivity contribution in [1.82, 2.24) is 4.90 Å². The van der Waals surface area contributed by atoms with Crippen molar-refractivity contribution in [2.45, 2.75) is 38.2 Å².